The molecule has 146 valence electrons. The third-order valence-corrected chi connectivity index (χ3v) is 6.76. The van der Waals surface area contributed by atoms with Gasteiger partial charge in [0.1, 0.15) is 11.7 Å². The molecule has 0 unspecified atom stereocenters. The lowest BCUT2D eigenvalue weighted by atomic mass is 10.1. The standard InChI is InChI=1S/C19H19BrN4O3S/c1-9(2)15-14(23-19(20)28-15)17(26)21-10-5-6-12-11(8-10)18(27)24-7-3-4-13(24)16(25)22-12/h5-6,8-9,13H,3-4,7H2,1-2H3,(H,21,26)(H,22,25)/t13-/m0/s1. The molecule has 28 heavy (non-hydrogen) atoms. The fourth-order valence-corrected chi connectivity index (χ4v) is 5.10. The second-order valence-electron chi connectivity index (χ2n) is 7.19. The van der Waals surface area contributed by atoms with Crippen LogP contribution in [-0.4, -0.2) is 40.2 Å². The average molecular weight is 463 g/mol. The molecule has 1 atom stereocenters. The number of carbonyl (C=O) groups is 3. The minimum Gasteiger partial charge on any atom is -0.327 e. The molecule has 3 heterocycles. The van der Waals surface area contributed by atoms with E-state index in [0.717, 1.165) is 11.3 Å². The third-order valence-electron chi connectivity index (χ3n) is 4.95. The van der Waals surface area contributed by atoms with Crippen molar-refractivity contribution in [1.29, 1.82) is 0 Å². The van der Waals surface area contributed by atoms with Crippen LogP contribution in [0.3, 0.4) is 0 Å². The molecule has 0 aliphatic carbocycles. The number of rotatable bonds is 3. The highest BCUT2D eigenvalue weighted by Gasteiger charge is 2.38. The van der Waals surface area contributed by atoms with E-state index >= 15 is 0 Å². The highest BCUT2D eigenvalue weighted by Crippen LogP contribution is 2.32. The van der Waals surface area contributed by atoms with E-state index in [-0.39, 0.29) is 23.6 Å². The van der Waals surface area contributed by atoms with Crippen LogP contribution in [0.1, 0.15) is 58.3 Å². The van der Waals surface area contributed by atoms with Gasteiger partial charge < -0.3 is 15.5 Å². The van der Waals surface area contributed by atoms with Crippen molar-refractivity contribution in [3.8, 4) is 0 Å². The van der Waals surface area contributed by atoms with E-state index in [0.29, 0.717) is 39.5 Å². The number of halogens is 1. The first-order valence-electron chi connectivity index (χ1n) is 9.08. The molecule has 0 radical (unpaired) electrons. The second-order valence-corrected chi connectivity index (χ2v) is 9.50. The largest absolute Gasteiger partial charge is 0.327 e. The quantitative estimate of drug-likeness (QED) is 0.724. The van der Waals surface area contributed by atoms with Crippen LogP contribution in [0.4, 0.5) is 11.4 Å². The van der Waals surface area contributed by atoms with E-state index in [4.69, 9.17) is 0 Å². The van der Waals surface area contributed by atoms with Gasteiger partial charge in [-0.1, -0.05) is 13.8 Å². The van der Waals surface area contributed by atoms with Gasteiger partial charge in [0, 0.05) is 17.1 Å². The first-order chi connectivity index (χ1) is 13.3. The number of carbonyl (C=O) groups excluding carboxylic acids is 3. The van der Waals surface area contributed by atoms with Crippen molar-refractivity contribution in [3.63, 3.8) is 0 Å². The molecule has 1 aromatic carbocycles. The molecule has 7 nitrogen and oxygen atoms in total. The van der Waals surface area contributed by atoms with Crippen molar-refractivity contribution in [2.45, 2.75) is 38.6 Å². The number of benzene rings is 1. The summed E-state index contributed by atoms with van der Waals surface area (Å²) in [6.45, 7) is 4.58. The lowest BCUT2D eigenvalue weighted by Crippen LogP contribution is -2.40. The van der Waals surface area contributed by atoms with Gasteiger partial charge in [-0.2, -0.15) is 0 Å². The van der Waals surface area contributed by atoms with Gasteiger partial charge in [0.2, 0.25) is 5.91 Å². The molecule has 2 aliphatic rings. The first-order valence-corrected chi connectivity index (χ1v) is 10.7. The summed E-state index contributed by atoms with van der Waals surface area (Å²) in [5.41, 5.74) is 1.73. The Morgan fingerprint density at radius 2 is 2.18 bits per heavy atom. The molecule has 1 saturated heterocycles. The van der Waals surface area contributed by atoms with Crippen LogP contribution in [0.25, 0.3) is 0 Å². The monoisotopic (exact) mass is 462 g/mol. The number of nitrogens with zero attached hydrogens (tertiary/aromatic N) is 2. The molecular formula is C19H19BrN4O3S. The molecule has 3 amide bonds. The Hall–Kier alpha value is -2.26. The number of hydrogen-bond donors (Lipinski definition) is 2. The third kappa shape index (κ3) is 3.33. The average Bonchev–Trinajstić information content (AvgIpc) is 3.27. The normalized spacial score (nSPS) is 18.6. The fraction of sp³-hybridized carbons (Fsp3) is 0.368. The van der Waals surface area contributed by atoms with Gasteiger partial charge >= 0.3 is 0 Å². The molecule has 1 fully saturated rings. The lowest BCUT2D eigenvalue weighted by molar-refractivity contribution is -0.119. The maximum atomic E-state index is 12.9. The van der Waals surface area contributed by atoms with Crippen LogP contribution in [-0.2, 0) is 4.79 Å². The van der Waals surface area contributed by atoms with Gasteiger partial charge in [-0.25, -0.2) is 4.98 Å². The summed E-state index contributed by atoms with van der Waals surface area (Å²) < 4.78 is 0.654. The highest BCUT2D eigenvalue weighted by molar-refractivity contribution is 9.11. The Kier molecular flexibility index (Phi) is 4.96. The van der Waals surface area contributed by atoms with Crippen LogP contribution in [0, 0.1) is 0 Å². The predicted octanol–water partition coefficient (Wildman–Crippen LogP) is 3.84. The van der Waals surface area contributed by atoms with Gasteiger partial charge in [0.05, 0.1) is 11.3 Å². The van der Waals surface area contributed by atoms with Gasteiger partial charge in [-0.15, -0.1) is 11.3 Å². The van der Waals surface area contributed by atoms with Crippen molar-refractivity contribution in [1.82, 2.24) is 9.88 Å². The zero-order valence-electron chi connectivity index (χ0n) is 15.4. The molecule has 4 rings (SSSR count). The zero-order chi connectivity index (χ0) is 20.0. The summed E-state index contributed by atoms with van der Waals surface area (Å²) >= 11 is 4.77. The van der Waals surface area contributed by atoms with E-state index < -0.39 is 6.04 Å². The van der Waals surface area contributed by atoms with E-state index in [1.165, 1.54) is 11.3 Å². The van der Waals surface area contributed by atoms with Crippen molar-refractivity contribution in [2.75, 3.05) is 17.2 Å². The summed E-state index contributed by atoms with van der Waals surface area (Å²) in [5, 5.41) is 5.66. The van der Waals surface area contributed by atoms with Gasteiger partial charge in [0.15, 0.2) is 3.92 Å². The molecule has 2 N–H and O–H groups in total. The maximum absolute atomic E-state index is 12.9. The number of fused-ring (bicyclic) bond motifs is 2. The minimum absolute atomic E-state index is 0.157. The lowest BCUT2D eigenvalue weighted by Gasteiger charge is -2.20. The van der Waals surface area contributed by atoms with Gasteiger partial charge in [-0.05, 0) is 52.9 Å². The Morgan fingerprint density at radius 1 is 1.39 bits per heavy atom. The van der Waals surface area contributed by atoms with Crippen LogP contribution >= 0.6 is 27.3 Å². The molecular weight excluding hydrogens is 444 g/mol. The number of anilines is 2. The molecule has 2 aromatic rings. The molecule has 1 aromatic heterocycles. The van der Waals surface area contributed by atoms with Crippen LogP contribution in [0.5, 0.6) is 0 Å². The number of hydrogen-bond acceptors (Lipinski definition) is 5. The molecule has 2 aliphatic heterocycles. The first kappa shape index (κ1) is 19.1. The summed E-state index contributed by atoms with van der Waals surface area (Å²) in [4.78, 5) is 44.8. The van der Waals surface area contributed by atoms with Gasteiger partial charge in [0.25, 0.3) is 11.8 Å². The van der Waals surface area contributed by atoms with Crippen molar-refractivity contribution in [2.24, 2.45) is 0 Å². The van der Waals surface area contributed by atoms with Crippen molar-refractivity contribution in [3.05, 3.63) is 38.3 Å². The summed E-state index contributed by atoms with van der Waals surface area (Å²) in [6.07, 6.45) is 1.48. The summed E-state index contributed by atoms with van der Waals surface area (Å²) in [7, 11) is 0. The SMILES string of the molecule is CC(C)c1sc(Br)nc1C(=O)Nc1ccc2c(c1)C(=O)N1CCC[C@H]1C(=O)N2. The Labute approximate surface area is 174 Å². The topological polar surface area (TPSA) is 91.4 Å². The maximum Gasteiger partial charge on any atom is 0.275 e. The molecule has 0 spiro atoms. The fourth-order valence-electron chi connectivity index (χ4n) is 3.61. The Balaban J connectivity index is 1.63. The van der Waals surface area contributed by atoms with Crippen molar-refractivity contribution >= 4 is 56.4 Å². The van der Waals surface area contributed by atoms with Crippen LogP contribution in [0.2, 0.25) is 0 Å². The van der Waals surface area contributed by atoms with E-state index in [1.807, 2.05) is 13.8 Å². The van der Waals surface area contributed by atoms with Crippen LogP contribution in [0.15, 0.2) is 22.1 Å². The van der Waals surface area contributed by atoms with Gasteiger partial charge in [-0.3, -0.25) is 14.4 Å². The Morgan fingerprint density at radius 3 is 2.93 bits per heavy atom. The number of aromatic nitrogens is 1. The van der Waals surface area contributed by atoms with E-state index in [9.17, 15) is 14.4 Å². The number of thiazole rings is 1. The second kappa shape index (κ2) is 7.29. The molecule has 0 bridgehead atoms. The number of amides is 3. The summed E-state index contributed by atoms with van der Waals surface area (Å²) in [6, 6.07) is 4.53. The van der Waals surface area contributed by atoms with Crippen LogP contribution < -0.4 is 10.6 Å². The molecule has 9 heteroatoms. The minimum atomic E-state index is -0.418. The zero-order valence-corrected chi connectivity index (χ0v) is 17.8. The predicted molar refractivity (Wildman–Crippen MR) is 111 cm³/mol. The Bertz CT molecular complexity index is 988. The van der Waals surface area contributed by atoms with Crippen molar-refractivity contribution < 1.29 is 14.4 Å². The number of nitrogens with one attached hydrogen (secondary N) is 2. The van der Waals surface area contributed by atoms with E-state index in [2.05, 4.69) is 31.5 Å². The summed E-state index contributed by atoms with van der Waals surface area (Å²) in [5.74, 6) is -0.503. The highest BCUT2D eigenvalue weighted by atomic mass is 79.9. The molecule has 0 saturated carbocycles. The smallest absolute Gasteiger partial charge is 0.275 e. The van der Waals surface area contributed by atoms with E-state index in [1.54, 1.807) is 23.1 Å².